The highest BCUT2D eigenvalue weighted by Gasteiger charge is 2.12. The summed E-state index contributed by atoms with van der Waals surface area (Å²) in [5, 5.41) is 15.0. The number of H-pyrrole nitrogens is 1. The van der Waals surface area contributed by atoms with Crippen molar-refractivity contribution in [1.82, 2.24) is 29.9 Å². The summed E-state index contributed by atoms with van der Waals surface area (Å²) in [7, 11) is 0. The number of nitrogens with zero attached hydrogens (tertiary/aromatic N) is 5. The fraction of sp³-hybridized carbons (Fsp3) is 0.182. The number of benzene rings is 2. The molecule has 3 heterocycles. The maximum Gasteiger partial charge on any atom is 0.147 e. The topological polar surface area (TPSA) is 84.3 Å². The molecule has 2 N–H and O–H groups in total. The van der Waals surface area contributed by atoms with Gasteiger partial charge in [0, 0.05) is 35.8 Å². The molecule has 0 bridgehead atoms. The van der Waals surface area contributed by atoms with Gasteiger partial charge in [-0.1, -0.05) is 17.3 Å². The predicted molar refractivity (Wildman–Crippen MR) is 115 cm³/mol. The van der Waals surface area contributed by atoms with Crippen molar-refractivity contribution in [2.24, 2.45) is 0 Å². The smallest absolute Gasteiger partial charge is 0.147 e. The zero-order valence-electron chi connectivity index (χ0n) is 16.6. The van der Waals surface area contributed by atoms with E-state index in [0.717, 1.165) is 38.9 Å². The molecule has 0 aliphatic carbocycles. The molecule has 5 aromatic rings. The van der Waals surface area contributed by atoms with E-state index in [1.54, 1.807) is 0 Å². The van der Waals surface area contributed by atoms with Gasteiger partial charge in [0.05, 0.1) is 16.7 Å². The molecule has 150 valence electrons. The summed E-state index contributed by atoms with van der Waals surface area (Å²) in [4.78, 5) is 8.69. The first kappa shape index (κ1) is 18.2. The minimum Gasteiger partial charge on any atom is -0.368 e. The average Bonchev–Trinajstić information content (AvgIpc) is 3.35. The average molecular weight is 401 g/mol. The van der Waals surface area contributed by atoms with Crippen molar-refractivity contribution < 1.29 is 4.39 Å². The van der Waals surface area contributed by atoms with Crippen LogP contribution in [-0.2, 0) is 6.54 Å². The summed E-state index contributed by atoms with van der Waals surface area (Å²) < 4.78 is 16.5. The standard InChI is InChI=1S/C22H20FN7/c1-13-3-5-17(23)22-16(13)9-14(2)30(22)8-7-24-21-11-19(25-12-26-21)15-4-6-18-20(10-15)28-29-27-18/h3-6,9-12H,7-8H2,1-2H3,(H,24,25,26)(H,27,28,29). The van der Waals surface area contributed by atoms with E-state index in [1.165, 1.54) is 12.4 Å². The van der Waals surface area contributed by atoms with Crippen molar-refractivity contribution in [3.05, 3.63) is 65.9 Å². The van der Waals surface area contributed by atoms with Crippen molar-refractivity contribution in [3.63, 3.8) is 0 Å². The van der Waals surface area contributed by atoms with Crippen molar-refractivity contribution in [3.8, 4) is 11.3 Å². The van der Waals surface area contributed by atoms with E-state index in [9.17, 15) is 4.39 Å². The van der Waals surface area contributed by atoms with E-state index in [2.05, 4.69) is 30.7 Å². The molecule has 5 rings (SSSR count). The van der Waals surface area contributed by atoms with E-state index < -0.39 is 0 Å². The molecule has 0 spiro atoms. The molecule has 0 aliphatic rings. The number of halogens is 1. The van der Waals surface area contributed by atoms with Gasteiger partial charge in [0.15, 0.2) is 0 Å². The van der Waals surface area contributed by atoms with Crippen LogP contribution in [0.5, 0.6) is 0 Å². The Morgan fingerprint density at radius 1 is 1.07 bits per heavy atom. The van der Waals surface area contributed by atoms with Gasteiger partial charge in [-0.05, 0) is 43.7 Å². The van der Waals surface area contributed by atoms with Crippen LogP contribution in [0.25, 0.3) is 33.2 Å². The lowest BCUT2D eigenvalue weighted by Crippen LogP contribution is -2.13. The molecule has 2 aromatic carbocycles. The van der Waals surface area contributed by atoms with Crippen LogP contribution >= 0.6 is 0 Å². The number of rotatable bonds is 5. The molecule has 0 saturated heterocycles. The molecular weight excluding hydrogens is 381 g/mol. The van der Waals surface area contributed by atoms with Crippen LogP contribution in [0.1, 0.15) is 11.3 Å². The molecular formula is C22H20FN7. The SMILES string of the molecule is Cc1ccc(F)c2c1cc(C)n2CCNc1cc(-c2ccc3nn[nH]c3c2)ncn1. The third-order valence-electron chi connectivity index (χ3n) is 5.36. The zero-order valence-corrected chi connectivity index (χ0v) is 16.6. The minimum absolute atomic E-state index is 0.197. The van der Waals surface area contributed by atoms with Gasteiger partial charge in [0.25, 0.3) is 0 Å². The molecule has 3 aromatic heterocycles. The number of hydrogen-bond donors (Lipinski definition) is 2. The van der Waals surface area contributed by atoms with Gasteiger partial charge in [-0.3, -0.25) is 5.10 Å². The van der Waals surface area contributed by atoms with Crippen LogP contribution in [0.15, 0.2) is 48.8 Å². The van der Waals surface area contributed by atoms with Crippen LogP contribution in [-0.4, -0.2) is 36.5 Å². The van der Waals surface area contributed by atoms with Gasteiger partial charge in [0.1, 0.15) is 23.5 Å². The highest BCUT2D eigenvalue weighted by Crippen LogP contribution is 2.26. The van der Waals surface area contributed by atoms with Crippen molar-refractivity contribution in [2.75, 3.05) is 11.9 Å². The fourth-order valence-corrected chi connectivity index (χ4v) is 3.80. The van der Waals surface area contributed by atoms with Crippen LogP contribution in [0, 0.1) is 19.7 Å². The second-order valence-electron chi connectivity index (χ2n) is 7.32. The van der Waals surface area contributed by atoms with E-state index >= 15 is 0 Å². The van der Waals surface area contributed by atoms with Gasteiger partial charge in [-0.2, -0.15) is 0 Å². The third-order valence-corrected chi connectivity index (χ3v) is 5.36. The molecule has 7 nitrogen and oxygen atoms in total. The van der Waals surface area contributed by atoms with Gasteiger partial charge in [-0.15, -0.1) is 5.10 Å². The Labute approximate surface area is 172 Å². The van der Waals surface area contributed by atoms with Gasteiger partial charge in [0.2, 0.25) is 0 Å². The predicted octanol–water partition coefficient (Wildman–Crippen LogP) is 4.24. The summed E-state index contributed by atoms with van der Waals surface area (Å²) in [6, 6.07) is 13.1. The van der Waals surface area contributed by atoms with Crippen LogP contribution < -0.4 is 5.32 Å². The first-order valence-corrected chi connectivity index (χ1v) is 9.72. The minimum atomic E-state index is -0.197. The summed E-state index contributed by atoms with van der Waals surface area (Å²) >= 11 is 0. The number of hydrogen-bond acceptors (Lipinski definition) is 5. The van der Waals surface area contributed by atoms with E-state index in [-0.39, 0.29) is 5.82 Å². The number of aryl methyl sites for hydroxylation is 2. The normalized spacial score (nSPS) is 11.4. The third kappa shape index (κ3) is 3.16. The van der Waals surface area contributed by atoms with Crippen LogP contribution in [0.2, 0.25) is 0 Å². The Kier molecular flexibility index (Phi) is 4.39. The van der Waals surface area contributed by atoms with Crippen molar-refractivity contribution >= 4 is 27.8 Å². The number of nitrogens with one attached hydrogen (secondary N) is 2. The van der Waals surface area contributed by atoms with Crippen LogP contribution in [0.4, 0.5) is 10.2 Å². The molecule has 0 radical (unpaired) electrons. The molecule has 0 saturated carbocycles. The largest absolute Gasteiger partial charge is 0.368 e. The van der Waals surface area contributed by atoms with Crippen molar-refractivity contribution in [2.45, 2.75) is 20.4 Å². The highest BCUT2D eigenvalue weighted by molar-refractivity contribution is 5.85. The van der Waals surface area contributed by atoms with Gasteiger partial charge < -0.3 is 9.88 Å². The van der Waals surface area contributed by atoms with E-state index in [0.29, 0.717) is 24.4 Å². The maximum atomic E-state index is 14.4. The quantitative estimate of drug-likeness (QED) is 0.460. The number of anilines is 1. The lowest BCUT2D eigenvalue weighted by Gasteiger charge is -2.11. The number of aromatic amines is 1. The highest BCUT2D eigenvalue weighted by atomic mass is 19.1. The summed E-state index contributed by atoms with van der Waals surface area (Å²) in [6.07, 6.45) is 1.53. The summed E-state index contributed by atoms with van der Waals surface area (Å²) in [6.45, 7) is 5.24. The van der Waals surface area contributed by atoms with E-state index in [4.69, 9.17) is 0 Å². The summed E-state index contributed by atoms with van der Waals surface area (Å²) in [5.74, 6) is 0.519. The fourth-order valence-electron chi connectivity index (χ4n) is 3.80. The van der Waals surface area contributed by atoms with Crippen LogP contribution in [0.3, 0.4) is 0 Å². The molecule has 0 atom stereocenters. The lowest BCUT2D eigenvalue weighted by atomic mass is 10.1. The molecule has 0 amide bonds. The number of aromatic nitrogens is 6. The second-order valence-corrected chi connectivity index (χ2v) is 7.32. The molecule has 30 heavy (non-hydrogen) atoms. The molecule has 0 unspecified atom stereocenters. The first-order valence-electron chi connectivity index (χ1n) is 9.72. The Morgan fingerprint density at radius 2 is 1.97 bits per heavy atom. The first-order chi connectivity index (χ1) is 14.6. The number of fused-ring (bicyclic) bond motifs is 2. The Bertz CT molecular complexity index is 1370. The summed E-state index contributed by atoms with van der Waals surface area (Å²) in [5.41, 5.74) is 6.17. The Hall–Kier alpha value is -3.81. The van der Waals surface area contributed by atoms with Gasteiger partial charge in [-0.25, -0.2) is 14.4 Å². The molecule has 8 heteroatoms. The Balaban J connectivity index is 1.35. The molecule has 0 aliphatic heterocycles. The van der Waals surface area contributed by atoms with Crippen molar-refractivity contribution in [1.29, 1.82) is 0 Å². The maximum absolute atomic E-state index is 14.4. The Morgan fingerprint density at radius 3 is 2.87 bits per heavy atom. The lowest BCUT2D eigenvalue weighted by molar-refractivity contribution is 0.621. The second kappa shape index (κ2) is 7.22. The molecule has 0 fully saturated rings. The van der Waals surface area contributed by atoms with Gasteiger partial charge >= 0.3 is 0 Å². The van der Waals surface area contributed by atoms with E-state index in [1.807, 2.05) is 54.8 Å². The monoisotopic (exact) mass is 401 g/mol. The zero-order chi connectivity index (χ0) is 20.7.